The third kappa shape index (κ3) is 6.01. The summed E-state index contributed by atoms with van der Waals surface area (Å²) in [5.74, 6) is 1.17. The summed E-state index contributed by atoms with van der Waals surface area (Å²) in [7, 11) is -2.18. The number of rotatable bonds is 9. The molecule has 0 saturated carbocycles. The second-order valence-corrected chi connectivity index (χ2v) is 9.12. The smallest absolute Gasteiger partial charge is 0.241 e. The van der Waals surface area contributed by atoms with E-state index >= 15 is 0 Å². The highest BCUT2D eigenvalue weighted by Crippen LogP contribution is 2.33. The van der Waals surface area contributed by atoms with E-state index in [4.69, 9.17) is 9.47 Å². The second-order valence-electron chi connectivity index (χ2n) is 7.21. The van der Waals surface area contributed by atoms with Gasteiger partial charge in [-0.3, -0.25) is 9.10 Å². The van der Waals surface area contributed by atoms with Crippen LogP contribution in [-0.4, -0.2) is 34.2 Å². The molecule has 168 valence electrons. The number of nitrogens with zero attached hydrogens (tertiary/aromatic N) is 1. The first kappa shape index (κ1) is 23.1. The van der Waals surface area contributed by atoms with Crippen molar-refractivity contribution in [2.75, 3.05) is 24.2 Å². The van der Waals surface area contributed by atoms with Gasteiger partial charge in [-0.25, -0.2) is 8.42 Å². The Balaban J connectivity index is 1.79. The molecule has 7 nitrogen and oxygen atoms in total. The van der Waals surface area contributed by atoms with Crippen molar-refractivity contribution < 1.29 is 22.7 Å². The van der Waals surface area contributed by atoms with Crippen LogP contribution in [0.25, 0.3) is 0 Å². The number of nitrogens with one attached hydrogen (secondary N) is 1. The first-order valence-electron chi connectivity index (χ1n) is 10.0. The number of hydrogen-bond acceptors (Lipinski definition) is 5. The topological polar surface area (TPSA) is 84.9 Å². The van der Waals surface area contributed by atoms with Crippen LogP contribution < -0.4 is 19.1 Å². The fourth-order valence-electron chi connectivity index (χ4n) is 3.14. The van der Waals surface area contributed by atoms with Crippen LogP contribution in [0.1, 0.15) is 18.5 Å². The Kier molecular flexibility index (Phi) is 7.37. The maximum atomic E-state index is 12.8. The van der Waals surface area contributed by atoms with Gasteiger partial charge in [-0.1, -0.05) is 42.5 Å². The quantitative estimate of drug-likeness (QED) is 0.526. The first-order valence-corrected chi connectivity index (χ1v) is 11.9. The SMILES string of the molecule is COc1ccc(C(C)NC(=O)CN(c2ccccc2Oc2ccccc2)S(C)(=O)=O)cc1. The summed E-state index contributed by atoms with van der Waals surface area (Å²) in [6.07, 6.45) is 1.06. The molecule has 1 atom stereocenters. The monoisotopic (exact) mass is 454 g/mol. The van der Waals surface area contributed by atoms with Crippen molar-refractivity contribution in [2.24, 2.45) is 0 Å². The molecule has 1 N–H and O–H groups in total. The molecule has 0 saturated heterocycles. The van der Waals surface area contributed by atoms with Gasteiger partial charge in [-0.2, -0.15) is 0 Å². The van der Waals surface area contributed by atoms with Crippen molar-refractivity contribution in [2.45, 2.75) is 13.0 Å². The van der Waals surface area contributed by atoms with Gasteiger partial charge in [0, 0.05) is 0 Å². The number of anilines is 1. The molecule has 0 aliphatic carbocycles. The Morgan fingerprint density at radius 1 is 0.938 bits per heavy atom. The fourth-order valence-corrected chi connectivity index (χ4v) is 4.00. The molecule has 0 aliphatic rings. The highest BCUT2D eigenvalue weighted by atomic mass is 32.2. The average Bonchev–Trinajstić information content (AvgIpc) is 2.78. The lowest BCUT2D eigenvalue weighted by Gasteiger charge is -2.25. The molecule has 1 unspecified atom stereocenters. The Bertz CT molecular complexity index is 1150. The van der Waals surface area contributed by atoms with Crippen molar-refractivity contribution >= 4 is 21.6 Å². The van der Waals surface area contributed by atoms with Crippen LogP contribution in [0, 0.1) is 0 Å². The number of carbonyl (C=O) groups excluding carboxylic acids is 1. The van der Waals surface area contributed by atoms with E-state index in [2.05, 4.69) is 5.32 Å². The van der Waals surface area contributed by atoms with E-state index in [9.17, 15) is 13.2 Å². The molecule has 32 heavy (non-hydrogen) atoms. The molecule has 0 aliphatic heterocycles. The van der Waals surface area contributed by atoms with E-state index in [1.54, 1.807) is 55.6 Å². The summed E-state index contributed by atoms with van der Waals surface area (Å²) < 4.78 is 37.2. The highest BCUT2D eigenvalue weighted by Gasteiger charge is 2.25. The van der Waals surface area contributed by atoms with E-state index in [1.807, 2.05) is 37.3 Å². The minimum absolute atomic E-state index is 0.283. The predicted molar refractivity (Wildman–Crippen MR) is 125 cm³/mol. The second kappa shape index (κ2) is 10.2. The van der Waals surface area contributed by atoms with Gasteiger partial charge in [0.2, 0.25) is 15.9 Å². The molecule has 3 rings (SSSR count). The van der Waals surface area contributed by atoms with Crippen LogP contribution >= 0.6 is 0 Å². The van der Waals surface area contributed by atoms with E-state index < -0.39 is 15.9 Å². The van der Waals surface area contributed by atoms with Gasteiger partial charge in [0.05, 0.1) is 25.1 Å². The van der Waals surface area contributed by atoms with Gasteiger partial charge in [0.25, 0.3) is 0 Å². The van der Waals surface area contributed by atoms with Crippen LogP contribution in [0.4, 0.5) is 5.69 Å². The summed E-state index contributed by atoms with van der Waals surface area (Å²) in [5, 5.41) is 2.85. The van der Waals surface area contributed by atoms with E-state index in [0.717, 1.165) is 16.1 Å². The zero-order valence-corrected chi connectivity index (χ0v) is 19.0. The molecule has 3 aromatic carbocycles. The maximum Gasteiger partial charge on any atom is 0.241 e. The van der Waals surface area contributed by atoms with Gasteiger partial charge in [0.1, 0.15) is 18.0 Å². The van der Waals surface area contributed by atoms with Crippen molar-refractivity contribution in [3.05, 3.63) is 84.4 Å². The molecule has 0 radical (unpaired) electrons. The van der Waals surface area contributed by atoms with E-state index in [1.165, 1.54) is 0 Å². The lowest BCUT2D eigenvalue weighted by Crippen LogP contribution is -2.41. The summed E-state index contributed by atoms with van der Waals surface area (Å²) in [4.78, 5) is 12.8. The number of ether oxygens (including phenoxy) is 2. The average molecular weight is 455 g/mol. The van der Waals surface area contributed by atoms with Gasteiger partial charge < -0.3 is 14.8 Å². The Hall–Kier alpha value is -3.52. The minimum atomic E-state index is -3.76. The largest absolute Gasteiger partial charge is 0.497 e. The highest BCUT2D eigenvalue weighted by molar-refractivity contribution is 7.92. The summed E-state index contributed by atoms with van der Waals surface area (Å²) in [5.41, 5.74) is 1.16. The van der Waals surface area contributed by atoms with Crippen LogP contribution in [0.2, 0.25) is 0 Å². The zero-order valence-electron chi connectivity index (χ0n) is 18.2. The molecule has 3 aromatic rings. The van der Waals surface area contributed by atoms with Gasteiger partial charge in [-0.15, -0.1) is 0 Å². The van der Waals surface area contributed by atoms with Crippen LogP contribution in [-0.2, 0) is 14.8 Å². The number of benzene rings is 3. The van der Waals surface area contributed by atoms with Crippen LogP contribution in [0.15, 0.2) is 78.9 Å². The molecule has 0 bridgehead atoms. The molecule has 0 heterocycles. The number of carbonyl (C=O) groups is 1. The number of para-hydroxylation sites is 3. The summed E-state index contributed by atoms with van der Waals surface area (Å²) in [6, 6.07) is 22.7. The molecule has 0 fully saturated rings. The Morgan fingerprint density at radius 2 is 1.56 bits per heavy atom. The maximum absolute atomic E-state index is 12.8. The van der Waals surface area contributed by atoms with Crippen molar-refractivity contribution in [3.63, 3.8) is 0 Å². The van der Waals surface area contributed by atoms with Crippen molar-refractivity contribution in [1.29, 1.82) is 0 Å². The predicted octanol–water partition coefficient (Wildman–Crippen LogP) is 4.13. The fraction of sp³-hybridized carbons (Fsp3) is 0.208. The van der Waals surface area contributed by atoms with Crippen molar-refractivity contribution in [1.82, 2.24) is 5.32 Å². The summed E-state index contributed by atoms with van der Waals surface area (Å²) >= 11 is 0. The normalized spacial score (nSPS) is 12.0. The van der Waals surface area contributed by atoms with E-state index in [0.29, 0.717) is 17.2 Å². The lowest BCUT2D eigenvalue weighted by molar-refractivity contribution is -0.120. The third-order valence-corrected chi connectivity index (χ3v) is 5.91. The zero-order chi connectivity index (χ0) is 23.1. The van der Waals surface area contributed by atoms with E-state index in [-0.39, 0.29) is 18.3 Å². The third-order valence-electron chi connectivity index (χ3n) is 4.79. The number of hydrogen-bond donors (Lipinski definition) is 1. The number of sulfonamides is 1. The van der Waals surface area contributed by atoms with Crippen LogP contribution in [0.3, 0.4) is 0 Å². The molecule has 0 spiro atoms. The Morgan fingerprint density at radius 3 is 2.19 bits per heavy atom. The number of methoxy groups -OCH3 is 1. The standard InChI is InChI=1S/C24H26N2O5S/c1-18(19-13-15-20(30-2)16-14-19)25-24(27)17-26(32(3,28)29)22-11-7-8-12-23(22)31-21-9-5-4-6-10-21/h4-16,18H,17H2,1-3H3,(H,25,27). The number of amides is 1. The molecular weight excluding hydrogens is 428 g/mol. The van der Waals surface area contributed by atoms with Crippen molar-refractivity contribution in [3.8, 4) is 17.2 Å². The van der Waals surface area contributed by atoms with Crippen LogP contribution in [0.5, 0.6) is 17.2 Å². The van der Waals surface area contributed by atoms with Gasteiger partial charge in [0.15, 0.2) is 5.75 Å². The molecule has 8 heteroatoms. The van der Waals surface area contributed by atoms with Gasteiger partial charge >= 0.3 is 0 Å². The van der Waals surface area contributed by atoms with Gasteiger partial charge in [-0.05, 0) is 48.9 Å². The molecule has 0 aromatic heterocycles. The first-order chi connectivity index (χ1) is 15.3. The summed E-state index contributed by atoms with van der Waals surface area (Å²) in [6.45, 7) is 1.45. The molecular formula is C24H26N2O5S. The molecule has 1 amide bonds. The minimum Gasteiger partial charge on any atom is -0.497 e. The lowest BCUT2D eigenvalue weighted by atomic mass is 10.1. The Labute approximate surface area is 188 Å².